The molecule has 3 rings (SSSR count). The normalized spacial score (nSPS) is 14.4. The Kier molecular flexibility index (Phi) is 7.21. The number of nitrogens with two attached hydrogens (primary N) is 1. The number of nitrogens with zero attached hydrogens (tertiary/aromatic N) is 3. The summed E-state index contributed by atoms with van der Waals surface area (Å²) in [5.74, 6) is -1.61. The predicted octanol–water partition coefficient (Wildman–Crippen LogP) is 0.729. The molecule has 184 valence electrons. The van der Waals surface area contributed by atoms with Gasteiger partial charge in [-0.2, -0.15) is 4.31 Å². The Labute approximate surface area is 194 Å². The van der Waals surface area contributed by atoms with Crippen LogP contribution in [0.1, 0.15) is 37.0 Å². The van der Waals surface area contributed by atoms with Gasteiger partial charge in [0.1, 0.15) is 11.4 Å². The van der Waals surface area contributed by atoms with Gasteiger partial charge in [-0.15, -0.1) is 0 Å². The maximum atomic E-state index is 12.7. The molecule has 1 aromatic carbocycles. The first-order valence-corrected chi connectivity index (χ1v) is 11.9. The lowest BCUT2D eigenvalue weighted by Gasteiger charge is -2.16. The molecular formula is C20H25N5O8S. The van der Waals surface area contributed by atoms with Gasteiger partial charge in [0.15, 0.2) is 12.4 Å². The lowest BCUT2D eigenvalue weighted by Crippen LogP contribution is -2.38. The fraction of sp³-hybridized carbons (Fsp3) is 0.450. The number of Topliss-reactive ketones (excluding diaryl/α,β-unsaturated/α-hetero) is 1. The second-order valence-electron chi connectivity index (χ2n) is 8.23. The summed E-state index contributed by atoms with van der Waals surface area (Å²) in [6, 6.07) is 3.11. The molecule has 2 heterocycles. The average Bonchev–Trinajstić information content (AvgIpc) is 3.30. The van der Waals surface area contributed by atoms with Crippen LogP contribution in [0.5, 0.6) is 5.75 Å². The fourth-order valence-corrected chi connectivity index (χ4v) is 5.16. The van der Waals surface area contributed by atoms with Gasteiger partial charge in [0.05, 0.1) is 9.82 Å². The molecule has 34 heavy (non-hydrogen) atoms. The number of carbonyl (C=O) groups excluding carboxylic acids is 1. The quantitative estimate of drug-likeness (QED) is 0.287. The molecule has 1 saturated heterocycles. The Morgan fingerprint density at radius 2 is 1.91 bits per heavy atom. The number of nitrogens with one attached hydrogen (secondary N) is 1. The number of ether oxygens (including phenoxy) is 1. The zero-order valence-corrected chi connectivity index (χ0v) is 19.5. The highest BCUT2D eigenvalue weighted by Gasteiger charge is 2.30. The first kappa shape index (κ1) is 25.1. The van der Waals surface area contributed by atoms with Crippen LogP contribution in [0.2, 0.25) is 0 Å². The third-order valence-corrected chi connectivity index (χ3v) is 7.15. The van der Waals surface area contributed by atoms with Crippen LogP contribution in [-0.2, 0) is 16.6 Å². The number of aromatic amines is 1. The summed E-state index contributed by atoms with van der Waals surface area (Å²) in [5, 5.41) is 11.5. The summed E-state index contributed by atoms with van der Waals surface area (Å²) in [5.41, 5.74) is 2.97. The van der Waals surface area contributed by atoms with E-state index in [0.717, 1.165) is 22.8 Å². The van der Waals surface area contributed by atoms with Gasteiger partial charge >= 0.3 is 11.4 Å². The summed E-state index contributed by atoms with van der Waals surface area (Å²) in [6.07, 6.45) is 1.41. The molecule has 0 bridgehead atoms. The van der Waals surface area contributed by atoms with E-state index in [1.165, 1.54) is 4.31 Å². The van der Waals surface area contributed by atoms with E-state index < -0.39 is 49.8 Å². The van der Waals surface area contributed by atoms with E-state index in [4.69, 9.17) is 10.5 Å². The minimum absolute atomic E-state index is 0.0110. The molecule has 1 aliphatic rings. The summed E-state index contributed by atoms with van der Waals surface area (Å²) >= 11 is 0. The van der Waals surface area contributed by atoms with Crippen molar-refractivity contribution in [1.82, 2.24) is 13.9 Å². The second kappa shape index (κ2) is 9.77. The van der Waals surface area contributed by atoms with Crippen molar-refractivity contribution < 1.29 is 22.9 Å². The SMILES string of the molecule is CC(C)Cn1c(N)c(C(=O)COc2ccc(S(=O)(=O)N3CCCC3)cc2[N+](=O)[O-])c(=O)[nH]c1=O. The van der Waals surface area contributed by atoms with Crippen LogP contribution in [0.4, 0.5) is 11.5 Å². The van der Waals surface area contributed by atoms with Crippen molar-refractivity contribution in [2.24, 2.45) is 5.92 Å². The summed E-state index contributed by atoms with van der Waals surface area (Å²) < 4.78 is 33.0. The standard InChI is InChI=1S/C20H25N5O8S/c1-12(2)10-24-18(21)17(19(27)22-20(24)28)15(26)11-33-16-6-5-13(9-14(16)25(29)30)34(31,32)23-7-3-4-8-23/h5-6,9,12H,3-4,7-8,10-11,21H2,1-2H3,(H,22,27,28). The van der Waals surface area contributed by atoms with Gasteiger partial charge in [-0.25, -0.2) is 13.2 Å². The topological polar surface area (TPSA) is 188 Å². The minimum atomic E-state index is -3.90. The molecule has 14 heteroatoms. The van der Waals surface area contributed by atoms with Crippen molar-refractivity contribution in [3.05, 3.63) is 54.7 Å². The Bertz CT molecular complexity index is 1340. The van der Waals surface area contributed by atoms with Crippen LogP contribution >= 0.6 is 0 Å². The highest BCUT2D eigenvalue weighted by molar-refractivity contribution is 7.89. The molecular weight excluding hydrogens is 470 g/mol. The molecule has 3 N–H and O–H groups in total. The van der Waals surface area contributed by atoms with Crippen LogP contribution in [0.3, 0.4) is 0 Å². The number of nitrogen functional groups attached to an aromatic ring is 1. The molecule has 1 aromatic heterocycles. The molecule has 0 saturated carbocycles. The number of nitro groups is 1. The largest absolute Gasteiger partial charge is 0.478 e. The van der Waals surface area contributed by atoms with Gasteiger partial charge in [-0.1, -0.05) is 13.8 Å². The van der Waals surface area contributed by atoms with E-state index >= 15 is 0 Å². The van der Waals surface area contributed by atoms with Crippen molar-refractivity contribution in [1.29, 1.82) is 0 Å². The lowest BCUT2D eigenvalue weighted by molar-refractivity contribution is -0.386. The molecule has 0 amide bonds. The summed E-state index contributed by atoms with van der Waals surface area (Å²) in [4.78, 5) is 49.4. The Balaban J connectivity index is 1.88. The zero-order valence-electron chi connectivity index (χ0n) is 18.6. The predicted molar refractivity (Wildman–Crippen MR) is 121 cm³/mol. The first-order valence-electron chi connectivity index (χ1n) is 10.5. The number of aromatic nitrogens is 2. The molecule has 0 atom stereocenters. The number of anilines is 1. The number of nitro benzene ring substituents is 1. The number of benzene rings is 1. The van der Waals surface area contributed by atoms with Crippen molar-refractivity contribution in [3.8, 4) is 5.75 Å². The van der Waals surface area contributed by atoms with Crippen molar-refractivity contribution in [2.45, 2.75) is 38.1 Å². The molecule has 1 fully saturated rings. The van der Waals surface area contributed by atoms with Crippen LogP contribution in [0, 0.1) is 16.0 Å². The van der Waals surface area contributed by atoms with E-state index in [1.54, 1.807) is 0 Å². The van der Waals surface area contributed by atoms with Gasteiger partial charge in [-0.3, -0.25) is 29.3 Å². The molecule has 1 aliphatic heterocycles. The Morgan fingerprint density at radius 1 is 1.26 bits per heavy atom. The minimum Gasteiger partial charge on any atom is -0.478 e. The van der Waals surface area contributed by atoms with Gasteiger partial charge in [0, 0.05) is 25.7 Å². The number of ketones is 1. The smallest absolute Gasteiger partial charge is 0.329 e. The van der Waals surface area contributed by atoms with Crippen LogP contribution < -0.4 is 21.7 Å². The lowest BCUT2D eigenvalue weighted by atomic mass is 10.2. The van der Waals surface area contributed by atoms with Crippen LogP contribution in [-0.4, -0.2) is 52.7 Å². The fourth-order valence-electron chi connectivity index (χ4n) is 3.62. The molecule has 0 unspecified atom stereocenters. The van der Waals surface area contributed by atoms with E-state index in [9.17, 15) is 32.9 Å². The maximum absolute atomic E-state index is 12.7. The number of hydrogen-bond acceptors (Lipinski definition) is 9. The molecule has 13 nitrogen and oxygen atoms in total. The Morgan fingerprint density at radius 3 is 2.50 bits per heavy atom. The molecule has 0 aliphatic carbocycles. The van der Waals surface area contributed by atoms with Crippen molar-refractivity contribution >= 4 is 27.3 Å². The van der Waals surface area contributed by atoms with Crippen molar-refractivity contribution in [2.75, 3.05) is 25.4 Å². The number of carbonyl (C=O) groups is 1. The third kappa shape index (κ3) is 5.02. The molecule has 0 spiro atoms. The average molecular weight is 496 g/mol. The number of hydrogen-bond donors (Lipinski definition) is 2. The van der Waals surface area contributed by atoms with Crippen LogP contribution in [0.25, 0.3) is 0 Å². The first-order chi connectivity index (χ1) is 15.9. The second-order valence-corrected chi connectivity index (χ2v) is 10.2. The maximum Gasteiger partial charge on any atom is 0.329 e. The molecule has 2 aromatic rings. The summed E-state index contributed by atoms with van der Waals surface area (Å²) in [6.45, 7) is 3.64. The van der Waals surface area contributed by atoms with E-state index in [1.807, 2.05) is 18.8 Å². The van der Waals surface area contributed by atoms with Gasteiger partial charge in [-0.05, 0) is 30.9 Å². The van der Waals surface area contributed by atoms with Gasteiger partial charge in [0.2, 0.25) is 15.8 Å². The van der Waals surface area contributed by atoms with E-state index in [0.29, 0.717) is 25.9 Å². The van der Waals surface area contributed by atoms with Crippen LogP contribution in [0.15, 0.2) is 32.7 Å². The number of H-pyrrole nitrogens is 1. The monoisotopic (exact) mass is 495 g/mol. The summed E-state index contributed by atoms with van der Waals surface area (Å²) in [7, 11) is -3.90. The number of sulfonamides is 1. The number of rotatable bonds is 9. The van der Waals surface area contributed by atoms with E-state index in [-0.39, 0.29) is 28.9 Å². The Hall–Kier alpha value is -3.52. The highest BCUT2D eigenvalue weighted by atomic mass is 32.2. The van der Waals surface area contributed by atoms with E-state index in [2.05, 4.69) is 0 Å². The third-order valence-electron chi connectivity index (χ3n) is 5.25. The zero-order chi connectivity index (χ0) is 25.2. The van der Waals surface area contributed by atoms with Gasteiger partial charge in [0.25, 0.3) is 5.56 Å². The highest BCUT2D eigenvalue weighted by Crippen LogP contribution is 2.32. The molecule has 0 radical (unpaired) electrons. The van der Waals surface area contributed by atoms with Gasteiger partial charge < -0.3 is 10.5 Å². The van der Waals surface area contributed by atoms with Crippen molar-refractivity contribution in [3.63, 3.8) is 0 Å².